The van der Waals surface area contributed by atoms with Gasteiger partial charge in [-0.15, -0.1) is 0 Å². The number of ether oxygens (including phenoxy) is 2. The molecule has 0 radical (unpaired) electrons. The van der Waals surface area contributed by atoms with Gasteiger partial charge in [0.05, 0.1) is 17.6 Å². The Morgan fingerprint density at radius 1 is 1.20 bits per heavy atom. The first-order valence-electron chi connectivity index (χ1n) is 5.65. The molecule has 100 valence electrons. The standard InChI is InChI=1S/C14H10N2O4/c1-19-11-6-7-12(16(17)18)14(8-11)20-13-5-3-2-4-10(13)9-15/h2-8H,1H3. The fourth-order valence-corrected chi connectivity index (χ4v) is 1.62. The van der Waals surface area contributed by atoms with Crippen LogP contribution in [0.1, 0.15) is 5.56 Å². The van der Waals surface area contributed by atoms with Crippen LogP contribution in [0.2, 0.25) is 0 Å². The summed E-state index contributed by atoms with van der Waals surface area (Å²) in [4.78, 5) is 10.4. The summed E-state index contributed by atoms with van der Waals surface area (Å²) in [5.74, 6) is 0.712. The van der Waals surface area contributed by atoms with Crippen LogP contribution in [0.15, 0.2) is 42.5 Å². The molecule has 6 nitrogen and oxygen atoms in total. The predicted molar refractivity (Wildman–Crippen MR) is 70.9 cm³/mol. The number of nitriles is 1. The number of methoxy groups -OCH3 is 1. The van der Waals surface area contributed by atoms with Gasteiger partial charge < -0.3 is 9.47 Å². The molecule has 0 heterocycles. The summed E-state index contributed by atoms with van der Waals surface area (Å²) >= 11 is 0. The van der Waals surface area contributed by atoms with Gasteiger partial charge in [-0.2, -0.15) is 5.26 Å². The van der Waals surface area contributed by atoms with Crippen molar-refractivity contribution in [3.05, 3.63) is 58.1 Å². The van der Waals surface area contributed by atoms with Crippen molar-refractivity contribution in [2.75, 3.05) is 7.11 Å². The number of hydrogen-bond acceptors (Lipinski definition) is 5. The lowest BCUT2D eigenvalue weighted by Crippen LogP contribution is -1.95. The van der Waals surface area contributed by atoms with Crippen molar-refractivity contribution >= 4 is 5.69 Å². The Hall–Kier alpha value is -3.07. The molecule has 0 N–H and O–H groups in total. The molecule has 0 fully saturated rings. The molecule has 0 aliphatic carbocycles. The van der Waals surface area contributed by atoms with Crippen molar-refractivity contribution in [1.29, 1.82) is 5.26 Å². The molecule has 0 atom stereocenters. The lowest BCUT2D eigenvalue weighted by atomic mass is 10.2. The number of benzene rings is 2. The third-order valence-electron chi connectivity index (χ3n) is 2.59. The Morgan fingerprint density at radius 2 is 1.95 bits per heavy atom. The minimum absolute atomic E-state index is 0.0250. The largest absolute Gasteiger partial charge is 0.497 e. The molecular weight excluding hydrogens is 260 g/mol. The van der Waals surface area contributed by atoms with Gasteiger partial charge in [0.2, 0.25) is 5.75 Å². The second-order valence-electron chi connectivity index (χ2n) is 3.80. The fraction of sp³-hybridized carbons (Fsp3) is 0.0714. The zero-order valence-corrected chi connectivity index (χ0v) is 10.6. The van der Waals surface area contributed by atoms with Crippen molar-refractivity contribution in [2.45, 2.75) is 0 Å². The highest BCUT2D eigenvalue weighted by Gasteiger charge is 2.18. The Kier molecular flexibility index (Phi) is 3.82. The van der Waals surface area contributed by atoms with E-state index >= 15 is 0 Å². The average Bonchev–Trinajstić information content (AvgIpc) is 2.47. The van der Waals surface area contributed by atoms with Gasteiger partial charge in [-0.1, -0.05) is 12.1 Å². The molecule has 6 heteroatoms. The van der Waals surface area contributed by atoms with Gasteiger partial charge >= 0.3 is 5.69 Å². The van der Waals surface area contributed by atoms with Gasteiger partial charge in [-0.05, 0) is 18.2 Å². The van der Waals surface area contributed by atoms with E-state index in [0.29, 0.717) is 11.3 Å². The van der Waals surface area contributed by atoms with Crippen LogP contribution in [-0.2, 0) is 0 Å². The lowest BCUT2D eigenvalue weighted by molar-refractivity contribution is -0.385. The topological polar surface area (TPSA) is 85.4 Å². The molecule has 2 aromatic carbocycles. The van der Waals surface area contributed by atoms with Crippen LogP contribution >= 0.6 is 0 Å². The van der Waals surface area contributed by atoms with Crippen molar-refractivity contribution in [3.8, 4) is 23.3 Å². The molecule has 0 aromatic heterocycles. The van der Waals surface area contributed by atoms with E-state index < -0.39 is 4.92 Å². The maximum atomic E-state index is 11.0. The van der Waals surface area contributed by atoms with Crippen molar-refractivity contribution in [3.63, 3.8) is 0 Å². The van der Waals surface area contributed by atoms with Crippen molar-refractivity contribution < 1.29 is 14.4 Å². The summed E-state index contributed by atoms with van der Waals surface area (Å²) in [6.45, 7) is 0. The summed E-state index contributed by atoms with van der Waals surface area (Å²) in [6, 6.07) is 12.7. The molecule has 0 bridgehead atoms. The van der Waals surface area contributed by atoms with E-state index in [1.54, 1.807) is 24.3 Å². The SMILES string of the molecule is COc1ccc([N+](=O)[O-])c(Oc2ccccc2C#N)c1. The van der Waals surface area contributed by atoms with Gasteiger partial charge in [-0.3, -0.25) is 10.1 Å². The number of hydrogen-bond donors (Lipinski definition) is 0. The molecule has 0 amide bonds. The molecule has 2 aromatic rings. The van der Waals surface area contributed by atoms with Crippen LogP contribution in [0, 0.1) is 21.4 Å². The zero-order chi connectivity index (χ0) is 14.5. The maximum Gasteiger partial charge on any atom is 0.311 e. The van der Waals surface area contributed by atoms with Crippen LogP contribution in [0.4, 0.5) is 5.69 Å². The highest BCUT2D eigenvalue weighted by molar-refractivity contribution is 5.54. The molecule has 0 spiro atoms. The van der Waals surface area contributed by atoms with Crippen LogP contribution in [0.25, 0.3) is 0 Å². The van der Waals surface area contributed by atoms with Crippen LogP contribution < -0.4 is 9.47 Å². The first-order chi connectivity index (χ1) is 9.65. The molecule has 0 unspecified atom stereocenters. The van der Waals surface area contributed by atoms with E-state index in [1.165, 1.54) is 25.3 Å². The molecule has 20 heavy (non-hydrogen) atoms. The van der Waals surface area contributed by atoms with E-state index in [0.717, 1.165) is 0 Å². The third kappa shape index (κ3) is 2.67. The maximum absolute atomic E-state index is 11.0. The number of nitrogens with zero attached hydrogens (tertiary/aromatic N) is 2. The van der Waals surface area contributed by atoms with Crippen molar-refractivity contribution in [1.82, 2.24) is 0 Å². The monoisotopic (exact) mass is 270 g/mol. The molecule has 0 saturated carbocycles. The molecule has 0 aliphatic rings. The number of para-hydroxylation sites is 1. The third-order valence-corrected chi connectivity index (χ3v) is 2.59. The van der Waals surface area contributed by atoms with Gasteiger partial charge in [0.25, 0.3) is 0 Å². The molecular formula is C14H10N2O4. The fourth-order valence-electron chi connectivity index (χ4n) is 1.62. The Balaban J connectivity index is 2.46. The van der Waals surface area contributed by atoms with E-state index in [9.17, 15) is 10.1 Å². The molecule has 2 rings (SSSR count). The normalized spacial score (nSPS) is 9.60. The highest BCUT2D eigenvalue weighted by Crippen LogP contribution is 2.35. The average molecular weight is 270 g/mol. The van der Waals surface area contributed by atoms with Gasteiger partial charge in [0, 0.05) is 12.1 Å². The number of nitro benzene ring substituents is 1. The van der Waals surface area contributed by atoms with E-state index in [-0.39, 0.29) is 17.2 Å². The van der Waals surface area contributed by atoms with Gasteiger partial charge in [0.15, 0.2) is 0 Å². The van der Waals surface area contributed by atoms with E-state index in [2.05, 4.69) is 0 Å². The Bertz CT molecular complexity index is 692. The van der Waals surface area contributed by atoms with Gasteiger partial charge in [0.1, 0.15) is 17.6 Å². The van der Waals surface area contributed by atoms with Crippen LogP contribution in [0.3, 0.4) is 0 Å². The quantitative estimate of drug-likeness (QED) is 0.628. The minimum atomic E-state index is -0.552. The number of nitro groups is 1. The number of rotatable bonds is 4. The summed E-state index contributed by atoms with van der Waals surface area (Å²) in [5, 5.41) is 20.0. The van der Waals surface area contributed by atoms with Gasteiger partial charge in [-0.25, -0.2) is 0 Å². The summed E-state index contributed by atoms with van der Waals surface area (Å²) in [5.41, 5.74) is 0.100. The minimum Gasteiger partial charge on any atom is -0.497 e. The van der Waals surface area contributed by atoms with Crippen LogP contribution in [-0.4, -0.2) is 12.0 Å². The molecule has 0 aliphatic heterocycles. The zero-order valence-electron chi connectivity index (χ0n) is 10.6. The molecule has 0 saturated heterocycles. The summed E-state index contributed by atoms with van der Waals surface area (Å²) < 4.78 is 10.5. The second kappa shape index (κ2) is 5.71. The summed E-state index contributed by atoms with van der Waals surface area (Å²) in [6.07, 6.45) is 0. The first-order valence-corrected chi connectivity index (χ1v) is 5.65. The predicted octanol–water partition coefficient (Wildman–Crippen LogP) is 3.27. The highest BCUT2D eigenvalue weighted by atomic mass is 16.6. The summed E-state index contributed by atoms with van der Waals surface area (Å²) in [7, 11) is 1.45. The first kappa shape index (κ1) is 13.4. The second-order valence-corrected chi connectivity index (χ2v) is 3.80. The Labute approximate surface area is 114 Å². The van der Waals surface area contributed by atoms with Crippen molar-refractivity contribution in [2.24, 2.45) is 0 Å². The smallest absolute Gasteiger partial charge is 0.311 e. The van der Waals surface area contributed by atoms with E-state index in [4.69, 9.17) is 14.7 Å². The van der Waals surface area contributed by atoms with Crippen LogP contribution in [0.5, 0.6) is 17.2 Å². The lowest BCUT2D eigenvalue weighted by Gasteiger charge is -2.09. The Morgan fingerprint density at radius 3 is 2.60 bits per heavy atom. The van der Waals surface area contributed by atoms with E-state index in [1.807, 2.05) is 6.07 Å².